The molecular weight excluding hydrogens is 550 g/mol. The number of aryl methyl sites for hydroxylation is 1. The first-order valence-electron chi connectivity index (χ1n) is 13.7. The summed E-state index contributed by atoms with van der Waals surface area (Å²) in [7, 11) is 3.20. The Bertz CT molecular complexity index is 1640. The molecule has 0 fully saturated rings. The second kappa shape index (κ2) is 12.2. The Morgan fingerprint density at radius 1 is 0.929 bits per heavy atom. The van der Waals surface area contributed by atoms with E-state index in [0.29, 0.717) is 22.6 Å². The van der Waals surface area contributed by atoms with Crippen LogP contribution in [-0.2, 0) is 16.1 Å². The van der Waals surface area contributed by atoms with Gasteiger partial charge in [0.1, 0.15) is 5.54 Å². The van der Waals surface area contributed by atoms with Crippen LogP contribution in [0.4, 0.5) is 17.1 Å². The third-order valence-electron chi connectivity index (χ3n) is 8.30. The van der Waals surface area contributed by atoms with E-state index in [0.717, 1.165) is 21.9 Å². The number of amides is 3. The van der Waals surface area contributed by atoms with E-state index in [-0.39, 0.29) is 43.2 Å². The first-order chi connectivity index (χ1) is 19.7. The van der Waals surface area contributed by atoms with Crippen LogP contribution in [0.15, 0.2) is 84.9 Å². The van der Waals surface area contributed by atoms with Crippen LogP contribution < -0.4 is 26.2 Å². The summed E-state index contributed by atoms with van der Waals surface area (Å²) in [4.78, 5) is 45.4. The van der Waals surface area contributed by atoms with Gasteiger partial charge in [-0.05, 0) is 79.2 Å². The average molecular weight is 586 g/mol. The van der Waals surface area contributed by atoms with Gasteiger partial charge in [0, 0.05) is 24.8 Å². The number of likely N-dealkylation sites (N-methyl/N-ethyl adjacent to an activating group) is 2. The van der Waals surface area contributed by atoms with Crippen molar-refractivity contribution in [1.82, 2.24) is 10.6 Å². The number of nitrogens with zero attached hydrogens (tertiary/aromatic N) is 2. The summed E-state index contributed by atoms with van der Waals surface area (Å²) in [5, 5.41) is 7.93. The smallest absolute Gasteiger partial charge is 0.258 e. The van der Waals surface area contributed by atoms with E-state index in [1.807, 2.05) is 43.3 Å². The predicted octanol–water partition coefficient (Wildman–Crippen LogP) is 4.69. The number of nitrogens with one attached hydrogen (secondary N) is 2. The molecule has 1 unspecified atom stereocenters. The SMILES string of the molecule is CNC(=O)C(C)(NC)[C@@H]1CN(C(=O)c2ccc(N)cc2)c2ccccc2N(Cc2c(C)ccc3ccccc23)C1=O.Cl. The van der Waals surface area contributed by atoms with Crippen LogP contribution in [0, 0.1) is 12.8 Å². The van der Waals surface area contributed by atoms with Gasteiger partial charge >= 0.3 is 0 Å². The summed E-state index contributed by atoms with van der Waals surface area (Å²) in [6, 6.07) is 26.3. The summed E-state index contributed by atoms with van der Waals surface area (Å²) in [6.07, 6.45) is 0. The van der Waals surface area contributed by atoms with Crippen molar-refractivity contribution in [1.29, 1.82) is 0 Å². The molecule has 0 saturated heterocycles. The highest BCUT2D eigenvalue weighted by atomic mass is 35.5. The molecule has 0 aliphatic carbocycles. The number of hydrogen-bond acceptors (Lipinski definition) is 5. The molecule has 1 heterocycles. The number of halogens is 1. The zero-order valence-electron chi connectivity index (χ0n) is 24.2. The van der Waals surface area contributed by atoms with Gasteiger partial charge in [0.2, 0.25) is 11.8 Å². The Kier molecular flexibility index (Phi) is 8.89. The van der Waals surface area contributed by atoms with Gasteiger partial charge in [-0.2, -0.15) is 0 Å². The Morgan fingerprint density at radius 2 is 1.57 bits per heavy atom. The van der Waals surface area contributed by atoms with Gasteiger partial charge in [-0.15, -0.1) is 12.4 Å². The highest BCUT2D eigenvalue weighted by molar-refractivity contribution is 6.13. The van der Waals surface area contributed by atoms with E-state index < -0.39 is 11.5 Å². The Labute approximate surface area is 252 Å². The zero-order valence-corrected chi connectivity index (χ0v) is 25.0. The topological polar surface area (TPSA) is 108 Å². The van der Waals surface area contributed by atoms with Crippen molar-refractivity contribution in [2.45, 2.75) is 25.9 Å². The van der Waals surface area contributed by atoms with Gasteiger partial charge in [-0.1, -0.05) is 48.5 Å². The highest BCUT2D eigenvalue weighted by Crippen LogP contribution is 2.39. The molecule has 9 heteroatoms. The van der Waals surface area contributed by atoms with E-state index >= 15 is 0 Å². The van der Waals surface area contributed by atoms with E-state index in [4.69, 9.17) is 5.73 Å². The van der Waals surface area contributed by atoms with Gasteiger partial charge in [0.15, 0.2) is 0 Å². The fourth-order valence-corrected chi connectivity index (χ4v) is 5.67. The van der Waals surface area contributed by atoms with Crippen molar-refractivity contribution in [2.75, 3.05) is 36.2 Å². The lowest BCUT2D eigenvalue weighted by Gasteiger charge is -2.37. The van der Waals surface area contributed by atoms with Gasteiger partial charge in [0.05, 0.1) is 23.8 Å². The number of nitrogens with two attached hydrogens (primary N) is 1. The lowest BCUT2D eigenvalue weighted by atomic mass is 9.82. The molecule has 0 radical (unpaired) electrons. The molecule has 218 valence electrons. The van der Waals surface area contributed by atoms with Crippen LogP contribution in [0.2, 0.25) is 0 Å². The minimum Gasteiger partial charge on any atom is -0.399 e. The summed E-state index contributed by atoms with van der Waals surface area (Å²) in [5.74, 6) is -1.79. The second-order valence-electron chi connectivity index (χ2n) is 10.6. The lowest BCUT2D eigenvalue weighted by Crippen LogP contribution is -2.63. The average Bonchev–Trinajstić information content (AvgIpc) is 3.12. The second-order valence-corrected chi connectivity index (χ2v) is 10.6. The standard InChI is InChI=1S/C33H35N5O3.ClH/c1-21-13-14-22-9-5-6-10-25(22)26(21)19-37-28-11-7-8-12-29(28)38(30(39)23-15-17-24(34)18-16-23)20-27(31(37)40)33(2,36-4)32(41)35-3;/h5-18,27,36H,19-20,34H2,1-4H3,(H,35,41);1H/t27-,33?;/m1./s1. The predicted molar refractivity (Wildman–Crippen MR) is 171 cm³/mol. The molecule has 8 nitrogen and oxygen atoms in total. The molecule has 1 aliphatic heterocycles. The fourth-order valence-electron chi connectivity index (χ4n) is 5.67. The molecule has 3 amide bonds. The van der Waals surface area contributed by atoms with Crippen molar-refractivity contribution in [3.63, 3.8) is 0 Å². The molecule has 2 atom stereocenters. The number of para-hydroxylation sites is 2. The molecule has 42 heavy (non-hydrogen) atoms. The lowest BCUT2D eigenvalue weighted by molar-refractivity contribution is -0.135. The van der Waals surface area contributed by atoms with Crippen LogP contribution in [0.3, 0.4) is 0 Å². The maximum absolute atomic E-state index is 14.7. The Hall–Kier alpha value is -4.40. The number of hydrogen-bond donors (Lipinski definition) is 3. The molecule has 0 bridgehead atoms. The van der Waals surface area contributed by atoms with Crippen LogP contribution in [0.1, 0.15) is 28.4 Å². The molecule has 0 aromatic heterocycles. The monoisotopic (exact) mass is 585 g/mol. The molecule has 4 N–H and O–H groups in total. The van der Waals surface area contributed by atoms with Crippen molar-refractivity contribution >= 4 is 58.0 Å². The molecule has 1 aliphatic rings. The highest BCUT2D eigenvalue weighted by Gasteiger charge is 2.49. The third kappa shape index (κ3) is 5.31. The summed E-state index contributed by atoms with van der Waals surface area (Å²) in [6.45, 7) is 4.01. The number of rotatable bonds is 6. The fraction of sp³-hybridized carbons (Fsp3) is 0.242. The van der Waals surface area contributed by atoms with Crippen molar-refractivity contribution in [3.05, 3.63) is 102 Å². The third-order valence-corrected chi connectivity index (χ3v) is 8.30. The van der Waals surface area contributed by atoms with Crippen LogP contribution >= 0.6 is 12.4 Å². The number of anilines is 3. The van der Waals surface area contributed by atoms with Gasteiger partial charge in [-0.25, -0.2) is 0 Å². The molecule has 0 saturated carbocycles. The zero-order chi connectivity index (χ0) is 29.3. The molecule has 4 aromatic carbocycles. The first-order valence-corrected chi connectivity index (χ1v) is 13.7. The van der Waals surface area contributed by atoms with Crippen molar-refractivity contribution in [2.24, 2.45) is 5.92 Å². The molecule has 0 spiro atoms. The Morgan fingerprint density at radius 3 is 2.24 bits per heavy atom. The largest absolute Gasteiger partial charge is 0.399 e. The van der Waals surface area contributed by atoms with Gasteiger partial charge in [0.25, 0.3) is 5.91 Å². The van der Waals surface area contributed by atoms with Crippen LogP contribution in [0.5, 0.6) is 0 Å². The molecular formula is C33H36ClN5O3. The van der Waals surface area contributed by atoms with Crippen LogP contribution in [0.25, 0.3) is 10.8 Å². The minimum atomic E-state index is -1.31. The Balaban J connectivity index is 0.00000405. The first kappa shape index (κ1) is 30.6. The quantitative estimate of drug-likeness (QED) is 0.285. The van der Waals surface area contributed by atoms with Crippen molar-refractivity contribution in [3.8, 4) is 0 Å². The normalized spacial score (nSPS) is 16.2. The summed E-state index contributed by atoms with van der Waals surface area (Å²) >= 11 is 0. The van der Waals surface area contributed by atoms with E-state index in [1.54, 1.807) is 55.1 Å². The van der Waals surface area contributed by atoms with Crippen molar-refractivity contribution < 1.29 is 14.4 Å². The maximum atomic E-state index is 14.7. The van der Waals surface area contributed by atoms with Gasteiger partial charge in [-0.3, -0.25) is 14.4 Å². The van der Waals surface area contributed by atoms with E-state index in [9.17, 15) is 14.4 Å². The number of carbonyl (C=O) groups excluding carboxylic acids is 3. The summed E-state index contributed by atoms with van der Waals surface area (Å²) < 4.78 is 0. The molecule has 5 rings (SSSR count). The number of nitrogen functional groups attached to an aromatic ring is 1. The minimum absolute atomic E-state index is 0. The molecule has 4 aromatic rings. The number of carbonyl (C=O) groups is 3. The van der Waals surface area contributed by atoms with E-state index in [2.05, 4.69) is 34.9 Å². The maximum Gasteiger partial charge on any atom is 0.258 e. The van der Waals surface area contributed by atoms with Gasteiger partial charge < -0.3 is 26.2 Å². The van der Waals surface area contributed by atoms with E-state index in [1.165, 1.54) is 0 Å². The number of fused-ring (bicyclic) bond motifs is 2. The number of benzene rings is 4. The van der Waals surface area contributed by atoms with Crippen LogP contribution in [-0.4, -0.2) is 43.9 Å². The summed E-state index contributed by atoms with van der Waals surface area (Å²) in [5.41, 5.74) is 8.82.